The molecule has 0 bridgehead atoms. The van der Waals surface area contributed by atoms with Gasteiger partial charge in [-0.15, -0.1) is 0 Å². The van der Waals surface area contributed by atoms with Crippen molar-refractivity contribution in [2.45, 2.75) is 18.9 Å². The number of nitrogens with one attached hydrogen (secondary N) is 3. The van der Waals surface area contributed by atoms with Crippen LogP contribution in [0.1, 0.15) is 23.2 Å². The van der Waals surface area contributed by atoms with Crippen LogP contribution in [-0.4, -0.2) is 50.2 Å². The molecule has 0 saturated carbocycles. The molecule has 4 aromatic rings. The summed E-state index contributed by atoms with van der Waals surface area (Å²) >= 11 is 0. The van der Waals surface area contributed by atoms with Gasteiger partial charge in [0.05, 0.1) is 17.5 Å². The van der Waals surface area contributed by atoms with Crippen LogP contribution >= 0.6 is 0 Å². The number of anilines is 3. The number of nitrogens with zero attached hydrogens (tertiary/aromatic N) is 5. The second kappa shape index (κ2) is 9.65. The molecule has 0 atom stereocenters. The first-order valence-corrected chi connectivity index (χ1v) is 11.0. The topological polar surface area (TPSA) is 112 Å². The molecule has 1 aromatic carbocycles. The van der Waals surface area contributed by atoms with Crippen molar-refractivity contribution in [3.8, 4) is 11.3 Å². The maximum absolute atomic E-state index is 13.4. The summed E-state index contributed by atoms with van der Waals surface area (Å²) in [5.74, 6) is 1.59. The third-order valence-corrected chi connectivity index (χ3v) is 5.67. The molecule has 9 nitrogen and oxygen atoms in total. The number of benzene rings is 1. The molecule has 1 saturated heterocycles. The van der Waals surface area contributed by atoms with Crippen molar-refractivity contribution in [2.24, 2.45) is 0 Å². The van der Waals surface area contributed by atoms with Crippen LogP contribution in [0.25, 0.3) is 11.3 Å². The molecule has 0 unspecified atom stereocenters. The van der Waals surface area contributed by atoms with Crippen molar-refractivity contribution < 1.29 is 9.18 Å². The van der Waals surface area contributed by atoms with Crippen LogP contribution in [0, 0.1) is 5.82 Å². The summed E-state index contributed by atoms with van der Waals surface area (Å²) in [6.07, 6.45) is 6.47. The molecular formula is C24H23FN8O. The highest BCUT2D eigenvalue weighted by Gasteiger charge is 2.23. The van der Waals surface area contributed by atoms with Crippen molar-refractivity contribution >= 4 is 23.5 Å². The van der Waals surface area contributed by atoms with Crippen molar-refractivity contribution in [2.75, 3.05) is 23.3 Å². The van der Waals surface area contributed by atoms with Gasteiger partial charge >= 0.3 is 0 Å². The Bertz CT molecular complexity index is 1250. The van der Waals surface area contributed by atoms with Gasteiger partial charge in [0.2, 0.25) is 5.95 Å². The first-order chi connectivity index (χ1) is 16.6. The number of carbonyl (C=O) groups excluding carboxylic acids is 1. The van der Waals surface area contributed by atoms with Crippen LogP contribution in [0.4, 0.5) is 22.0 Å². The standard InChI is InChI=1S/C24H23FN8O/c25-18-3-1-2-16(14-18)20-5-4-17(15-27-20)23(34)29-19-8-12-33(13-9-19)24-26-10-6-21(31-24)30-22-7-11-28-32-22/h1-7,10-11,14-15,19H,8-9,12-13H2,(H,29,34)(H2,26,28,30,31,32). The fourth-order valence-electron chi connectivity index (χ4n) is 3.87. The number of carbonyl (C=O) groups is 1. The molecule has 1 aliphatic heterocycles. The van der Waals surface area contributed by atoms with Crippen LogP contribution < -0.4 is 15.5 Å². The lowest BCUT2D eigenvalue weighted by molar-refractivity contribution is 0.0930. The van der Waals surface area contributed by atoms with Gasteiger partial charge in [-0.3, -0.25) is 14.9 Å². The molecule has 1 fully saturated rings. The van der Waals surface area contributed by atoms with Gasteiger partial charge in [0.15, 0.2) is 0 Å². The Morgan fingerprint density at radius 3 is 2.68 bits per heavy atom. The average Bonchev–Trinajstić information content (AvgIpc) is 3.38. The largest absolute Gasteiger partial charge is 0.349 e. The van der Waals surface area contributed by atoms with E-state index in [1.54, 1.807) is 42.7 Å². The number of piperidine rings is 1. The molecule has 1 amide bonds. The number of halogens is 1. The normalized spacial score (nSPS) is 14.1. The molecule has 0 aliphatic carbocycles. The van der Waals surface area contributed by atoms with Crippen molar-refractivity contribution in [1.29, 1.82) is 0 Å². The summed E-state index contributed by atoms with van der Waals surface area (Å²) < 4.78 is 13.4. The quantitative estimate of drug-likeness (QED) is 0.405. The zero-order valence-electron chi connectivity index (χ0n) is 18.3. The zero-order chi connectivity index (χ0) is 23.3. The number of amides is 1. The summed E-state index contributed by atoms with van der Waals surface area (Å²) in [5.41, 5.74) is 1.77. The molecule has 1 aliphatic rings. The third-order valence-electron chi connectivity index (χ3n) is 5.67. The van der Waals surface area contributed by atoms with Crippen LogP contribution in [0.15, 0.2) is 67.1 Å². The SMILES string of the molecule is O=C(NC1CCN(c2nccc(Nc3ccn[nH]3)n2)CC1)c1ccc(-c2cccc(F)c2)nc1. The predicted molar refractivity (Wildman–Crippen MR) is 126 cm³/mol. The molecule has 3 aromatic heterocycles. The number of pyridine rings is 1. The van der Waals surface area contributed by atoms with Gasteiger partial charge in [0.1, 0.15) is 17.5 Å². The molecule has 3 N–H and O–H groups in total. The van der Waals surface area contributed by atoms with Crippen molar-refractivity contribution in [3.05, 3.63) is 78.5 Å². The van der Waals surface area contributed by atoms with Gasteiger partial charge in [0, 0.05) is 43.2 Å². The van der Waals surface area contributed by atoms with Crippen LogP contribution in [0.3, 0.4) is 0 Å². The van der Waals surface area contributed by atoms with E-state index in [2.05, 4.69) is 40.7 Å². The second-order valence-electron chi connectivity index (χ2n) is 8.01. The van der Waals surface area contributed by atoms with Gasteiger partial charge in [-0.2, -0.15) is 10.1 Å². The van der Waals surface area contributed by atoms with Crippen LogP contribution in [-0.2, 0) is 0 Å². The maximum atomic E-state index is 13.4. The first kappa shape index (κ1) is 21.5. The minimum absolute atomic E-state index is 0.0537. The highest BCUT2D eigenvalue weighted by Crippen LogP contribution is 2.20. The molecule has 5 rings (SSSR count). The van der Waals surface area contributed by atoms with Crippen molar-refractivity contribution in [3.63, 3.8) is 0 Å². The monoisotopic (exact) mass is 458 g/mol. The molecule has 0 spiro atoms. The lowest BCUT2D eigenvalue weighted by atomic mass is 10.0. The third kappa shape index (κ3) is 5.01. The first-order valence-electron chi connectivity index (χ1n) is 11.0. The van der Waals surface area contributed by atoms with E-state index in [1.165, 1.54) is 18.3 Å². The lowest BCUT2D eigenvalue weighted by Crippen LogP contribution is -2.45. The van der Waals surface area contributed by atoms with Gasteiger partial charge in [-0.25, -0.2) is 9.37 Å². The Kier molecular flexibility index (Phi) is 6.11. The number of aromatic amines is 1. The molecular weight excluding hydrogens is 435 g/mol. The Hall–Kier alpha value is -4.34. The van der Waals surface area contributed by atoms with E-state index in [0.29, 0.717) is 28.6 Å². The van der Waals surface area contributed by atoms with Gasteiger partial charge < -0.3 is 15.5 Å². The summed E-state index contributed by atoms with van der Waals surface area (Å²) in [6, 6.07) is 13.3. The summed E-state index contributed by atoms with van der Waals surface area (Å²) in [7, 11) is 0. The number of hydrogen-bond acceptors (Lipinski definition) is 7. The minimum Gasteiger partial charge on any atom is -0.349 e. The second-order valence-corrected chi connectivity index (χ2v) is 8.01. The van der Waals surface area contributed by atoms with Crippen LogP contribution in [0.2, 0.25) is 0 Å². The maximum Gasteiger partial charge on any atom is 0.253 e. The summed E-state index contributed by atoms with van der Waals surface area (Å²) in [5, 5.41) is 13.0. The van der Waals surface area contributed by atoms with Gasteiger partial charge in [-0.05, 0) is 43.2 Å². The van der Waals surface area contributed by atoms with Gasteiger partial charge in [-0.1, -0.05) is 12.1 Å². The van der Waals surface area contributed by atoms with E-state index in [1.807, 2.05) is 6.07 Å². The summed E-state index contributed by atoms with van der Waals surface area (Å²) in [4.78, 5) is 28.1. The van der Waals surface area contributed by atoms with E-state index in [9.17, 15) is 9.18 Å². The fourth-order valence-corrected chi connectivity index (χ4v) is 3.87. The smallest absolute Gasteiger partial charge is 0.253 e. The van der Waals surface area contributed by atoms with Crippen LogP contribution in [0.5, 0.6) is 0 Å². The average molecular weight is 459 g/mol. The molecule has 172 valence electrons. The Morgan fingerprint density at radius 1 is 1.06 bits per heavy atom. The molecule has 0 radical (unpaired) electrons. The van der Waals surface area contributed by atoms with E-state index in [4.69, 9.17) is 0 Å². The summed E-state index contributed by atoms with van der Waals surface area (Å²) in [6.45, 7) is 1.46. The number of rotatable bonds is 6. The van der Waals surface area contributed by atoms with E-state index < -0.39 is 0 Å². The minimum atomic E-state index is -0.321. The molecule has 4 heterocycles. The van der Waals surface area contributed by atoms with Crippen molar-refractivity contribution in [1.82, 2.24) is 30.5 Å². The lowest BCUT2D eigenvalue weighted by Gasteiger charge is -2.32. The Labute approximate surface area is 195 Å². The molecule has 34 heavy (non-hydrogen) atoms. The van der Waals surface area contributed by atoms with E-state index in [0.717, 1.165) is 31.7 Å². The zero-order valence-corrected chi connectivity index (χ0v) is 18.3. The Morgan fingerprint density at radius 2 is 1.94 bits per heavy atom. The number of aromatic nitrogens is 5. The highest BCUT2D eigenvalue weighted by molar-refractivity contribution is 5.94. The molecule has 10 heteroatoms. The van der Waals surface area contributed by atoms with Gasteiger partial charge in [0.25, 0.3) is 5.91 Å². The van der Waals surface area contributed by atoms with E-state index >= 15 is 0 Å². The number of hydrogen-bond donors (Lipinski definition) is 3. The Balaban J connectivity index is 1.15. The number of H-pyrrole nitrogens is 1. The van der Waals surface area contributed by atoms with E-state index in [-0.39, 0.29) is 17.8 Å². The fraction of sp³-hybridized carbons (Fsp3) is 0.208. The predicted octanol–water partition coefficient (Wildman–Crippen LogP) is 3.54. The highest BCUT2D eigenvalue weighted by atomic mass is 19.1.